The van der Waals surface area contributed by atoms with E-state index in [1.165, 1.54) is 11.3 Å². The fraction of sp³-hybridized carbons (Fsp3) is 0.381. The molecule has 11 heteroatoms. The molecule has 5 rings (SSSR count). The van der Waals surface area contributed by atoms with Crippen LogP contribution in [0.5, 0.6) is 0 Å². The molecule has 32 heavy (non-hydrogen) atoms. The van der Waals surface area contributed by atoms with Gasteiger partial charge in [0.1, 0.15) is 5.69 Å². The number of nitrogens with one attached hydrogen (secondary N) is 3. The first-order valence-corrected chi connectivity index (χ1v) is 11.3. The Morgan fingerprint density at radius 2 is 1.97 bits per heavy atom. The molecular formula is C21H23Cl2N5O3S. The van der Waals surface area contributed by atoms with Gasteiger partial charge in [0.2, 0.25) is 0 Å². The summed E-state index contributed by atoms with van der Waals surface area (Å²) in [5, 5.41) is 7.89. The molecule has 4 heterocycles. The van der Waals surface area contributed by atoms with Gasteiger partial charge in [0.05, 0.1) is 31.0 Å². The minimum atomic E-state index is -0.327. The van der Waals surface area contributed by atoms with Gasteiger partial charge in [-0.25, -0.2) is 4.98 Å². The van der Waals surface area contributed by atoms with E-state index in [0.29, 0.717) is 28.9 Å². The molecule has 0 aliphatic carbocycles. The zero-order valence-electron chi connectivity index (χ0n) is 17.3. The maximum Gasteiger partial charge on any atom is 0.280 e. The lowest BCUT2D eigenvalue weighted by molar-refractivity contribution is 0.0894. The first-order valence-electron chi connectivity index (χ1n) is 10.1. The highest BCUT2D eigenvalue weighted by Crippen LogP contribution is 2.25. The van der Waals surface area contributed by atoms with E-state index in [9.17, 15) is 9.59 Å². The molecule has 3 N–H and O–H groups in total. The van der Waals surface area contributed by atoms with Crippen LogP contribution in [0.2, 0.25) is 5.02 Å². The van der Waals surface area contributed by atoms with Gasteiger partial charge >= 0.3 is 0 Å². The Balaban J connectivity index is 0.00000245. The minimum absolute atomic E-state index is 0. The Morgan fingerprint density at radius 1 is 1.22 bits per heavy atom. The second kappa shape index (κ2) is 9.36. The van der Waals surface area contributed by atoms with Gasteiger partial charge in [-0.15, -0.1) is 23.7 Å². The van der Waals surface area contributed by atoms with Crippen LogP contribution in [0.3, 0.4) is 0 Å². The van der Waals surface area contributed by atoms with Gasteiger partial charge in [-0.05, 0) is 31.3 Å². The number of carbonyl (C=O) groups excluding carboxylic acids is 2. The van der Waals surface area contributed by atoms with E-state index in [-0.39, 0.29) is 36.3 Å². The number of hydrogen-bond donors (Lipinski definition) is 3. The summed E-state index contributed by atoms with van der Waals surface area (Å²) in [7, 11) is 2.06. The lowest BCUT2D eigenvalue weighted by Gasteiger charge is -2.20. The first kappa shape index (κ1) is 23.0. The Bertz CT molecular complexity index is 1160. The third-order valence-corrected chi connectivity index (χ3v) is 6.97. The standard InChI is InChI=1S/C21H22ClN5O3S.ClH/c1-27-5-4-14-18(8-27)31-21(26-14)20(29)25-17-10-30-9-16(17)24-19(28)15-7-11-6-12(22)2-3-13(11)23-15;/h2-3,6-7,16-17,23H,4-5,8-10H2,1H3,(H,24,28)(H,25,29);1H/t16-,17+;/m1./s1. The van der Waals surface area contributed by atoms with Gasteiger partial charge in [0, 0.05) is 40.3 Å². The van der Waals surface area contributed by atoms with Crippen LogP contribution in [0.1, 0.15) is 30.9 Å². The summed E-state index contributed by atoms with van der Waals surface area (Å²) >= 11 is 7.46. The number of thiazole rings is 1. The van der Waals surface area contributed by atoms with Crippen molar-refractivity contribution in [3.8, 4) is 0 Å². The Labute approximate surface area is 200 Å². The maximum absolute atomic E-state index is 12.8. The SMILES string of the molecule is CN1CCc2nc(C(=O)N[C@H]3COC[C@H]3NC(=O)c3cc4cc(Cl)ccc4[nH]3)sc2C1.Cl. The number of carbonyl (C=O) groups is 2. The van der Waals surface area contributed by atoms with Gasteiger partial charge < -0.3 is 25.3 Å². The molecule has 0 bridgehead atoms. The molecule has 0 radical (unpaired) electrons. The van der Waals surface area contributed by atoms with Gasteiger partial charge in [-0.3, -0.25) is 9.59 Å². The average Bonchev–Trinajstić information content (AvgIpc) is 3.45. The number of amides is 2. The van der Waals surface area contributed by atoms with Crippen molar-refractivity contribution in [2.45, 2.75) is 25.0 Å². The van der Waals surface area contributed by atoms with Crippen molar-refractivity contribution in [1.82, 2.24) is 25.5 Å². The Kier molecular flexibility index (Phi) is 6.73. The number of benzene rings is 1. The number of H-pyrrole nitrogens is 1. The molecule has 0 unspecified atom stereocenters. The molecule has 1 saturated heterocycles. The number of hydrogen-bond acceptors (Lipinski definition) is 6. The lowest BCUT2D eigenvalue weighted by atomic mass is 10.1. The van der Waals surface area contributed by atoms with E-state index < -0.39 is 0 Å². The molecule has 3 aromatic rings. The third-order valence-electron chi connectivity index (χ3n) is 5.66. The molecule has 2 atom stereocenters. The van der Waals surface area contributed by atoms with Crippen LogP contribution in [-0.2, 0) is 17.7 Å². The lowest BCUT2D eigenvalue weighted by Crippen LogP contribution is -2.51. The zero-order chi connectivity index (χ0) is 21.5. The summed E-state index contributed by atoms with van der Waals surface area (Å²) in [6, 6.07) is 6.52. The molecule has 2 aliphatic heterocycles. The molecule has 170 valence electrons. The second-order valence-corrected chi connectivity index (χ2v) is 9.51. The quantitative estimate of drug-likeness (QED) is 0.516. The smallest absolute Gasteiger partial charge is 0.280 e. The Hall–Kier alpha value is -2.17. The number of halogens is 2. The largest absolute Gasteiger partial charge is 0.377 e. The number of ether oxygens (including phenoxy) is 1. The van der Waals surface area contributed by atoms with Crippen molar-refractivity contribution < 1.29 is 14.3 Å². The predicted octanol–water partition coefficient (Wildman–Crippen LogP) is 2.61. The second-order valence-electron chi connectivity index (χ2n) is 7.99. The van der Waals surface area contributed by atoms with Gasteiger partial charge in [0.15, 0.2) is 5.01 Å². The molecule has 0 spiro atoms. The zero-order valence-corrected chi connectivity index (χ0v) is 19.7. The topological polar surface area (TPSA) is 99.3 Å². The number of likely N-dealkylation sites (N-methyl/N-ethyl adjacent to an activating group) is 1. The van der Waals surface area contributed by atoms with Crippen LogP contribution < -0.4 is 10.6 Å². The molecule has 1 fully saturated rings. The summed E-state index contributed by atoms with van der Waals surface area (Å²) in [4.78, 5) is 36.5. The summed E-state index contributed by atoms with van der Waals surface area (Å²) in [6.07, 6.45) is 0.858. The monoisotopic (exact) mass is 495 g/mol. The number of rotatable bonds is 4. The van der Waals surface area contributed by atoms with Crippen molar-refractivity contribution in [3.05, 3.63) is 50.6 Å². The van der Waals surface area contributed by atoms with E-state index in [0.717, 1.165) is 41.0 Å². The first-order chi connectivity index (χ1) is 15.0. The van der Waals surface area contributed by atoms with Crippen molar-refractivity contribution in [2.75, 3.05) is 26.8 Å². The number of fused-ring (bicyclic) bond motifs is 2. The van der Waals surface area contributed by atoms with Crippen LogP contribution in [0, 0.1) is 0 Å². The van der Waals surface area contributed by atoms with Crippen LogP contribution in [-0.4, -0.2) is 65.6 Å². The highest BCUT2D eigenvalue weighted by molar-refractivity contribution is 7.13. The highest BCUT2D eigenvalue weighted by atomic mass is 35.5. The van der Waals surface area contributed by atoms with E-state index in [1.54, 1.807) is 18.2 Å². The molecule has 2 aromatic heterocycles. The number of nitrogens with zero attached hydrogens (tertiary/aromatic N) is 2. The molecular weight excluding hydrogens is 473 g/mol. The molecule has 2 amide bonds. The summed E-state index contributed by atoms with van der Waals surface area (Å²) in [6.45, 7) is 2.44. The van der Waals surface area contributed by atoms with Crippen molar-refractivity contribution in [3.63, 3.8) is 0 Å². The van der Waals surface area contributed by atoms with Crippen molar-refractivity contribution >= 4 is 58.1 Å². The summed E-state index contributed by atoms with van der Waals surface area (Å²) in [5.74, 6) is -0.480. The Morgan fingerprint density at radius 3 is 2.75 bits per heavy atom. The predicted molar refractivity (Wildman–Crippen MR) is 126 cm³/mol. The fourth-order valence-electron chi connectivity index (χ4n) is 3.96. The normalized spacial score (nSPS) is 20.6. The van der Waals surface area contributed by atoms with E-state index in [1.807, 2.05) is 6.07 Å². The van der Waals surface area contributed by atoms with E-state index in [4.69, 9.17) is 16.3 Å². The van der Waals surface area contributed by atoms with Crippen LogP contribution in [0.15, 0.2) is 24.3 Å². The third kappa shape index (κ3) is 4.62. The minimum Gasteiger partial charge on any atom is -0.377 e. The van der Waals surface area contributed by atoms with Gasteiger partial charge in [-0.2, -0.15) is 0 Å². The molecule has 0 saturated carbocycles. The van der Waals surface area contributed by atoms with Crippen LogP contribution in [0.4, 0.5) is 0 Å². The molecule has 1 aromatic carbocycles. The molecule has 2 aliphatic rings. The summed E-state index contributed by atoms with van der Waals surface area (Å²) < 4.78 is 5.53. The fourth-order valence-corrected chi connectivity index (χ4v) is 5.23. The molecule has 8 nitrogen and oxygen atoms in total. The summed E-state index contributed by atoms with van der Waals surface area (Å²) in [5.41, 5.74) is 2.28. The van der Waals surface area contributed by atoms with Crippen LogP contribution >= 0.6 is 35.3 Å². The maximum atomic E-state index is 12.8. The van der Waals surface area contributed by atoms with Crippen LogP contribution in [0.25, 0.3) is 10.9 Å². The van der Waals surface area contributed by atoms with E-state index >= 15 is 0 Å². The van der Waals surface area contributed by atoms with Crippen molar-refractivity contribution in [1.29, 1.82) is 0 Å². The van der Waals surface area contributed by atoms with Gasteiger partial charge in [-0.1, -0.05) is 11.6 Å². The van der Waals surface area contributed by atoms with E-state index in [2.05, 4.69) is 32.5 Å². The number of aromatic nitrogens is 2. The highest BCUT2D eigenvalue weighted by Gasteiger charge is 2.32. The van der Waals surface area contributed by atoms with Crippen molar-refractivity contribution in [2.24, 2.45) is 0 Å². The average molecular weight is 496 g/mol. The van der Waals surface area contributed by atoms with Gasteiger partial charge in [0.25, 0.3) is 11.8 Å². The number of aromatic amines is 1.